The summed E-state index contributed by atoms with van der Waals surface area (Å²) < 4.78 is 5.74. The Morgan fingerprint density at radius 3 is 1.94 bits per heavy atom. The topological polar surface area (TPSA) is 12.5 Å². The number of aryl methyl sites for hydroxylation is 2. The summed E-state index contributed by atoms with van der Waals surface area (Å²) >= 11 is 3.79. The molecule has 1 aliphatic heterocycles. The molecule has 4 rings (SSSR count). The highest BCUT2D eigenvalue weighted by molar-refractivity contribution is 7.20. The molecule has 0 bridgehead atoms. The summed E-state index contributed by atoms with van der Waals surface area (Å²) in [7, 11) is 0. The average Bonchev–Trinajstić information content (AvgIpc) is 2.78. The van der Waals surface area contributed by atoms with Crippen LogP contribution in [0, 0.1) is 0 Å². The number of rotatable bonds is 0. The first-order chi connectivity index (χ1) is 8.42. The monoisotopic (exact) mass is 262 g/mol. The summed E-state index contributed by atoms with van der Waals surface area (Å²) in [5.41, 5.74) is 3.05. The minimum absolute atomic E-state index is 0.544. The molecule has 3 heteroatoms. The molecule has 0 N–H and O–H groups in total. The molecule has 2 aromatic heterocycles. The number of ether oxygens (including phenoxy) is 1. The van der Waals surface area contributed by atoms with Gasteiger partial charge in [-0.05, 0) is 59.7 Å². The molecule has 1 fully saturated rings. The predicted octanol–water partition coefficient (Wildman–Crippen LogP) is 4.12. The SMILES string of the molecule is c1cc2c(s1)-c1sccc1CC[C@H]1O[C@H]1CC2. The molecule has 1 saturated heterocycles. The molecule has 2 aromatic rings. The maximum Gasteiger partial charge on any atom is 0.0845 e. The minimum Gasteiger partial charge on any atom is -0.370 e. The van der Waals surface area contributed by atoms with Gasteiger partial charge in [0.15, 0.2) is 0 Å². The van der Waals surface area contributed by atoms with Gasteiger partial charge in [-0.25, -0.2) is 0 Å². The Hall–Kier alpha value is -0.640. The van der Waals surface area contributed by atoms with Crippen molar-refractivity contribution in [1.29, 1.82) is 0 Å². The van der Waals surface area contributed by atoms with Crippen molar-refractivity contribution < 1.29 is 4.74 Å². The van der Waals surface area contributed by atoms with Crippen LogP contribution >= 0.6 is 22.7 Å². The standard InChI is InChI=1S/C14H14OS2/c1-3-11-12(15-11)4-2-10-6-8-17-14(10)13-9(1)5-7-16-13/h5-8,11-12H,1-4H2/t11-,12+. The molecular formula is C14H14OS2. The summed E-state index contributed by atoms with van der Waals surface area (Å²) in [4.78, 5) is 3.02. The predicted molar refractivity (Wildman–Crippen MR) is 72.9 cm³/mol. The number of hydrogen-bond acceptors (Lipinski definition) is 3. The molecule has 0 saturated carbocycles. The lowest BCUT2D eigenvalue weighted by Gasteiger charge is -2.07. The Balaban J connectivity index is 1.79. The molecule has 88 valence electrons. The fourth-order valence-corrected chi connectivity index (χ4v) is 4.89. The van der Waals surface area contributed by atoms with Gasteiger partial charge in [0.25, 0.3) is 0 Å². The van der Waals surface area contributed by atoms with Crippen LogP contribution in [0.1, 0.15) is 24.0 Å². The van der Waals surface area contributed by atoms with Crippen LogP contribution in [0.5, 0.6) is 0 Å². The van der Waals surface area contributed by atoms with E-state index >= 15 is 0 Å². The molecule has 3 heterocycles. The van der Waals surface area contributed by atoms with Crippen molar-refractivity contribution in [3.05, 3.63) is 34.0 Å². The van der Waals surface area contributed by atoms with Gasteiger partial charge < -0.3 is 4.74 Å². The summed E-state index contributed by atoms with van der Waals surface area (Å²) in [5.74, 6) is 0. The third-order valence-corrected chi connectivity index (χ3v) is 5.86. The summed E-state index contributed by atoms with van der Waals surface area (Å²) in [6.07, 6.45) is 5.85. The van der Waals surface area contributed by atoms with E-state index in [9.17, 15) is 0 Å². The number of hydrogen-bond donors (Lipinski definition) is 0. The molecule has 0 spiro atoms. The number of fused-ring (bicyclic) bond motifs is 4. The molecular weight excluding hydrogens is 248 g/mol. The third kappa shape index (κ3) is 1.77. The first kappa shape index (κ1) is 10.3. The summed E-state index contributed by atoms with van der Waals surface area (Å²) in [6.45, 7) is 0. The second kappa shape index (κ2) is 3.94. The normalized spacial score (nSPS) is 26.8. The van der Waals surface area contributed by atoms with Crippen LogP contribution in [0.15, 0.2) is 22.9 Å². The number of thiophene rings is 2. The Morgan fingerprint density at radius 2 is 1.41 bits per heavy atom. The van der Waals surface area contributed by atoms with Gasteiger partial charge in [0.2, 0.25) is 0 Å². The van der Waals surface area contributed by atoms with Crippen molar-refractivity contribution >= 4 is 22.7 Å². The van der Waals surface area contributed by atoms with Crippen molar-refractivity contribution in [3.8, 4) is 9.75 Å². The van der Waals surface area contributed by atoms with E-state index in [1.165, 1.54) is 46.6 Å². The molecule has 2 aliphatic rings. The summed E-state index contributed by atoms with van der Waals surface area (Å²) in [5, 5.41) is 4.47. The Morgan fingerprint density at radius 1 is 0.882 bits per heavy atom. The second-order valence-electron chi connectivity index (χ2n) is 4.84. The zero-order valence-electron chi connectivity index (χ0n) is 9.52. The minimum atomic E-state index is 0.544. The van der Waals surface area contributed by atoms with Gasteiger partial charge in [0, 0.05) is 9.75 Å². The van der Waals surface area contributed by atoms with Gasteiger partial charge in [-0.15, -0.1) is 22.7 Å². The number of epoxide rings is 1. The molecule has 0 amide bonds. The molecule has 0 radical (unpaired) electrons. The maximum absolute atomic E-state index is 5.74. The molecule has 0 unspecified atom stereocenters. The van der Waals surface area contributed by atoms with Gasteiger partial charge in [0.1, 0.15) is 0 Å². The van der Waals surface area contributed by atoms with E-state index in [1.807, 2.05) is 22.7 Å². The highest BCUT2D eigenvalue weighted by atomic mass is 32.1. The molecule has 1 aliphatic carbocycles. The molecule has 17 heavy (non-hydrogen) atoms. The van der Waals surface area contributed by atoms with E-state index in [0.29, 0.717) is 12.2 Å². The Labute approximate surface area is 109 Å². The zero-order chi connectivity index (χ0) is 11.2. The lowest BCUT2D eigenvalue weighted by atomic mass is 10.00. The van der Waals surface area contributed by atoms with Crippen molar-refractivity contribution in [2.45, 2.75) is 37.9 Å². The average molecular weight is 262 g/mol. The highest BCUT2D eigenvalue weighted by Crippen LogP contribution is 2.41. The van der Waals surface area contributed by atoms with E-state index in [1.54, 1.807) is 0 Å². The van der Waals surface area contributed by atoms with Crippen LogP contribution in [0.3, 0.4) is 0 Å². The molecule has 2 atom stereocenters. The van der Waals surface area contributed by atoms with Crippen LogP contribution in [0.25, 0.3) is 9.75 Å². The van der Waals surface area contributed by atoms with E-state index in [2.05, 4.69) is 22.9 Å². The second-order valence-corrected chi connectivity index (χ2v) is 6.67. The van der Waals surface area contributed by atoms with E-state index < -0.39 is 0 Å². The van der Waals surface area contributed by atoms with Gasteiger partial charge in [-0.2, -0.15) is 0 Å². The van der Waals surface area contributed by atoms with Crippen LogP contribution in [-0.4, -0.2) is 12.2 Å². The highest BCUT2D eigenvalue weighted by Gasteiger charge is 2.38. The van der Waals surface area contributed by atoms with E-state index in [-0.39, 0.29) is 0 Å². The first-order valence-electron chi connectivity index (χ1n) is 6.20. The zero-order valence-corrected chi connectivity index (χ0v) is 11.2. The quantitative estimate of drug-likeness (QED) is 0.651. The Bertz CT molecular complexity index is 492. The van der Waals surface area contributed by atoms with Crippen LogP contribution in [0.4, 0.5) is 0 Å². The smallest absolute Gasteiger partial charge is 0.0845 e. The lowest BCUT2D eigenvalue weighted by Crippen LogP contribution is -2.01. The van der Waals surface area contributed by atoms with E-state index in [4.69, 9.17) is 4.74 Å². The third-order valence-electron chi connectivity index (χ3n) is 3.78. The molecule has 1 nitrogen and oxygen atoms in total. The maximum atomic E-state index is 5.74. The Kier molecular flexibility index (Phi) is 2.39. The van der Waals surface area contributed by atoms with Crippen LogP contribution in [0.2, 0.25) is 0 Å². The van der Waals surface area contributed by atoms with Crippen LogP contribution < -0.4 is 0 Å². The van der Waals surface area contributed by atoms with Crippen molar-refractivity contribution in [2.75, 3.05) is 0 Å². The fraction of sp³-hybridized carbons (Fsp3) is 0.429. The van der Waals surface area contributed by atoms with Gasteiger partial charge in [-0.1, -0.05) is 0 Å². The van der Waals surface area contributed by atoms with Gasteiger partial charge >= 0.3 is 0 Å². The van der Waals surface area contributed by atoms with Crippen molar-refractivity contribution in [2.24, 2.45) is 0 Å². The van der Waals surface area contributed by atoms with Crippen molar-refractivity contribution in [1.82, 2.24) is 0 Å². The van der Waals surface area contributed by atoms with Crippen molar-refractivity contribution in [3.63, 3.8) is 0 Å². The van der Waals surface area contributed by atoms with Crippen LogP contribution in [-0.2, 0) is 17.6 Å². The van der Waals surface area contributed by atoms with Gasteiger partial charge in [-0.3, -0.25) is 0 Å². The lowest BCUT2D eigenvalue weighted by molar-refractivity contribution is 0.356. The summed E-state index contributed by atoms with van der Waals surface area (Å²) in [6, 6.07) is 4.59. The van der Waals surface area contributed by atoms with Gasteiger partial charge in [0.05, 0.1) is 12.2 Å². The van der Waals surface area contributed by atoms with E-state index in [0.717, 1.165) is 0 Å². The first-order valence-corrected chi connectivity index (χ1v) is 7.96. The fourth-order valence-electron chi connectivity index (χ4n) is 2.75. The largest absolute Gasteiger partial charge is 0.370 e. The molecule has 0 aromatic carbocycles.